The summed E-state index contributed by atoms with van der Waals surface area (Å²) in [5.74, 6) is -5.62. The maximum absolute atomic E-state index is 12.5. The number of aliphatic hydroxyl groups is 2. The number of carboxylic acid groups (broad SMARTS) is 3. The Morgan fingerprint density at radius 2 is 1.75 bits per heavy atom. The Kier molecular flexibility index (Phi) is 19.9. The summed E-state index contributed by atoms with van der Waals surface area (Å²) in [6, 6.07) is 3.34. The van der Waals surface area contributed by atoms with Crippen LogP contribution in [0.1, 0.15) is 32.1 Å². The van der Waals surface area contributed by atoms with Gasteiger partial charge in [0.15, 0.2) is 5.60 Å². The van der Waals surface area contributed by atoms with Gasteiger partial charge >= 0.3 is 17.9 Å². The van der Waals surface area contributed by atoms with E-state index < -0.39 is 59.1 Å². The number of hydrogen-bond donors (Lipinski definition) is 8. The van der Waals surface area contributed by atoms with Crippen molar-refractivity contribution >= 4 is 74.3 Å². The molecular weight excluding hydrogens is 722 g/mol. The SMILES string of the molecule is CN(CCCNc1ccc(N=[N+]=[N-])cc1[N+](=O)[O-])CCCNN1C(=O)CC(NC(=O)CSSCCO)C1=O.O=C(O)CC(O)(CC(=O)O)C(=O)O. The van der Waals surface area contributed by atoms with Crippen molar-refractivity contribution in [2.75, 3.05) is 56.7 Å². The maximum atomic E-state index is 12.5. The van der Waals surface area contributed by atoms with E-state index in [2.05, 4.69) is 31.0 Å². The highest BCUT2D eigenvalue weighted by Crippen LogP contribution is 2.29. The van der Waals surface area contributed by atoms with Gasteiger partial charge in [-0.05, 0) is 44.6 Å². The van der Waals surface area contributed by atoms with Gasteiger partial charge in [0.25, 0.3) is 11.6 Å². The number of imide groups is 1. The molecule has 1 aliphatic rings. The smallest absolute Gasteiger partial charge is 0.336 e. The van der Waals surface area contributed by atoms with Crippen LogP contribution in [0.5, 0.6) is 0 Å². The molecule has 0 aromatic heterocycles. The Hall–Kier alpha value is -4.71. The van der Waals surface area contributed by atoms with Crippen molar-refractivity contribution in [2.24, 2.45) is 5.11 Å². The summed E-state index contributed by atoms with van der Waals surface area (Å²) in [4.78, 5) is 82.5. The molecule has 0 aliphatic carbocycles. The normalized spacial score (nSPS) is 14.0. The molecule has 51 heavy (non-hydrogen) atoms. The van der Waals surface area contributed by atoms with Gasteiger partial charge in [-0.25, -0.2) is 15.2 Å². The molecule has 1 aromatic rings. The van der Waals surface area contributed by atoms with Crippen LogP contribution in [0, 0.1) is 10.1 Å². The molecule has 2 rings (SSSR count). The van der Waals surface area contributed by atoms with Crippen LogP contribution in [0.15, 0.2) is 23.3 Å². The third-order valence-electron chi connectivity index (χ3n) is 6.57. The van der Waals surface area contributed by atoms with Gasteiger partial charge in [0.2, 0.25) is 11.8 Å². The number of nitro benzene ring substituents is 1. The Labute approximate surface area is 298 Å². The molecule has 1 fully saturated rings. The molecule has 0 spiro atoms. The summed E-state index contributed by atoms with van der Waals surface area (Å²) < 4.78 is 0. The van der Waals surface area contributed by atoms with Crippen molar-refractivity contribution < 1.29 is 59.2 Å². The second kappa shape index (κ2) is 22.9. The highest BCUT2D eigenvalue weighted by molar-refractivity contribution is 8.76. The predicted octanol–water partition coefficient (Wildman–Crippen LogP) is 0.534. The van der Waals surface area contributed by atoms with Gasteiger partial charge in [0.05, 0.1) is 36.5 Å². The highest BCUT2D eigenvalue weighted by Gasteiger charge is 2.41. The Balaban J connectivity index is 0.000000846. The Morgan fingerprint density at radius 1 is 1.12 bits per heavy atom. The first-order valence-corrected chi connectivity index (χ1v) is 17.4. The number of aliphatic hydroxyl groups excluding tert-OH is 1. The summed E-state index contributed by atoms with van der Waals surface area (Å²) in [7, 11) is 4.54. The van der Waals surface area contributed by atoms with Crippen molar-refractivity contribution in [3.05, 3.63) is 38.8 Å². The molecule has 1 aliphatic heterocycles. The van der Waals surface area contributed by atoms with E-state index in [1.807, 2.05) is 7.05 Å². The maximum Gasteiger partial charge on any atom is 0.336 e. The number of carbonyl (C=O) groups is 6. The van der Waals surface area contributed by atoms with Crippen LogP contribution < -0.4 is 16.1 Å². The number of amides is 3. The lowest BCUT2D eigenvalue weighted by atomic mass is 9.96. The molecule has 8 N–H and O–H groups in total. The molecule has 22 nitrogen and oxygen atoms in total. The average molecular weight is 762 g/mol. The van der Waals surface area contributed by atoms with Crippen molar-refractivity contribution in [3.63, 3.8) is 0 Å². The standard InChI is InChI=1S/C21H31N9O6S2.C6H8O7/c1-28(8-2-6-23-16-5-4-15(26-27-22)12-18(16)30(35)36)9-3-7-24-29-20(33)13-17(21(29)34)25-19(32)14-38-37-11-10-31;7-3(8)1-6(13,5(11)12)2-4(9)10/h4-5,12,17,23-24,31H,2-3,6-11,13-14H2,1H3,(H,25,32);13H,1-2H2,(H,7,8)(H,9,10)(H,11,12). The first-order valence-electron chi connectivity index (χ1n) is 14.9. The van der Waals surface area contributed by atoms with Crippen LogP contribution >= 0.6 is 21.6 Å². The van der Waals surface area contributed by atoms with Crippen LogP contribution in [-0.2, 0) is 28.8 Å². The lowest BCUT2D eigenvalue weighted by Gasteiger charge is -2.19. The summed E-state index contributed by atoms with van der Waals surface area (Å²) in [5.41, 5.74) is 8.92. The quantitative estimate of drug-likeness (QED) is 0.0110. The molecule has 0 saturated carbocycles. The van der Waals surface area contributed by atoms with Gasteiger partial charge in [0, 0.05) is 35.5 Å². The molecule has 3 amide bonds. The number of carboxylic acids is 3. The number of nitrogens with one attached hydrogen (secondary N) is 3. The van der Waals surface area contributed by atoms with Crippen LogP contribution in [0.25, 0.3) is 10.4 Å². The van der Waals surface area contributed by atoms with E-state index in [4.69, 9.17) is 31.1 Å². The topological polar surface area (TPSA) is 338 Å². The van der Waals surface area contributed by atoms with Gasteiger partial charge in [-0.2, -0.15) is 0 Å². The van der Waals surface area contributed by atoms with E-state index in [9.17, 15) is 38.9 Å². The molecule has 1 unspecified atom stereocenters. The highest BCUT2D eigenvalue weighted by atomic mass is 33.1. The molecule has 282 valence electrons. The van der Waals surface area contributed by atoms with Crippen LogP contribution in [0.3, 0.4) is 0 Å². The summed E-state index contributed by atoms with van der Waals surface area (Å²) in [6.07, 6.45) is -1.02. The van der Waals surface area contributed by atoms with Crippen LogP contribution in [-0.4, -0.2) is 139 Å². The zero-order valence-electron chi connectivity index (χ0n) is 27.3. The van der Waals surface area contributed by atoms with E-state index >= 15 is 0 Å². The van der Waals surface area contributed by atoms with Gasteiger partial charge in [0.1, 0.15) is 11.7 Å². The number of hydrogen-bond acceptors (Lipinski definition) is 16. The minimum atomic E-state index is -2.74. The van der Waals surface area contributed by atoms with E-state index in [0.717, 1.165) is 5.01 Å². The van der Waals surface area contributed by atoms with Crippen LogP contribution in [0.4, 0.5) is 17.1 Å². The van der Waals surface area contributed by atoms with Crippen molar-refractivity contribution in [2.45, 2.75) is 43.7 Å². The monoisotopic (exact) mass is 761 g/mol. The Morgan fingerprint density at radius 3 is 2.29 bits per heavy atom. The molecule has 1 heterocycles. The number of anilines is 1. The number of rotatable bonds is 23. The third kappa shape index (κ3) is 16.7. The van der Waals surface area contributed by atoms with Crippen molar-refractivity contribution in [1.82, 2.24) is 20.7 Å². The van der Waals surface area contributed by atoms with E-state index in [1.165, 1.54) is 39.8 Å². The third-order valence-corrected chi connectivity index (χ3v) is 8.82. The number of azide groups is 1. The number of nitrogens with zero attached hydrogens (tertiary/aromatic N) is 6. The fourth-order valence-electron chi connectivity index (χ4n) is 4.21. The van der Waals surface area contributed by atoms with E-state index in [0.29, 0.717) is 50.5 Å². The zero-order valence-corrected chi connectivity index (χ0v) is 28.9. The second-order valence-corrected chi connectivity index (χ2v) is 13.3. The van der Waals surface area contributed by atoms with Gasteiger partial charge in [-0.1, -0.05) is 32.8 Å². The van der Waals surface area contributed by atoms with E-state index in [1.54, 1.807) is 0 Å². The fourth-order valence-corrected chi connectivity index (χ4v) is 5.82. The minimum absolute atomic E-state index is 0.0203. The number of nitro groups is 1. The van der Waals surface area contributed by atoms with Crippen molar-refractivity contribution in [3.8, 4) is 0 Å². The van der Waals surface area contributed by atoms with Gasteiger partial charge in [-0.3, -0.25) is 34.1 Å². The van der Waals surface area contributed by atoms with E-state index in [-0.39, 0.29) is 36.1 Å². The first kappa shape index (κ1) is 44.3. The number of benzene rings is 1. The lowest BCUT2D eigenvalue weighted by molar-refractivity contribution is -0.383. The van der Waals surface area contributed by atoms with Gasteiger partial charge < -0.3 is 41.1 Å². The first-order chi connectivity index (χ1) is 24.0. The van der Waals surface area contributed by atoms with Gasteiger partial charge in [-0.15, -0.1) is 0 Å². The molecule has 0 radical (unpaired) electrons. The average Bonchev–Trinajstić information content (AvgIpc) is 3.30. The molecule has 1 saturated heterocycles. The zero-order chi connectivity index (χ0) is 38.6. The molecular formula is C27H39N9O13S2. The number of hydrazine groups is 1. The summed E-state index contributed by atoms with van der Waals surface area (Å²) in [5, 5.41) is 63.8. The Bertz CT molecular complexity index is 1450. The van der Waals surface area contributed by atoms with Crippen LogP contribution in [0.2, 0.25) is 0 Å². The molecule has 0 bridgehead atoms. The summed E-state index contributed by atoms with van der Waals surface area (Å²) >= 11 is 0. The minimum Gasteiger partial charge on any atom is -0.481 e. The number of carbonyl (C=O) groups excluding carboxylic acids is 3. The molecule has 1 atom stereocenters. The fraction of sp³-hybridized carbons (Fsp3) is 0.556. The summed E-state index contributed by atoms with van der Waals surface area (Å²) in [6.45, 7) is 2.30. The van der Waals surface area contributed by atoms with Crippen molar-refractivity contribution in [1.29, 1.82) is 0 Å². The molecule has 24 heteroatoms. The number of aliphatic carboxylic acids is 3. The molecule has 1 aromatic carbocycles. The predicted molar refractivity (Wildman–Crippen MR) is 183 cm³/mol. The largest absolute Gasteiger partial charge is 0.481 e. The lowest BCUT2D eigenvalue weighted by Crippen LogP contribution is -2.48. The second-order valence-electron chi connectivity index (χ2n) is 10.7.